The van der Waals surface area contributed by atoms with Gasteiger partial charge in [0.05, 0.1) is 18.0 Å². The van der Waals surface area contributed by atoms with Crippen molar-refractivity contribution in [2.75, 3.05) is 11.4 Å². The van der Waals surface area contributed by atoms with E-state index in [1.165, 1.54) is 11.3 Å². The molecule has 1 aliphatic heterocycles. The first-order valence-electron chi connectivity index (χ1n) is 7.46. The lowest BCUT2D eigenvalue weighted by Gasteiger charge is -2.14. The summed E-state index contributed by atoms with van der Waals surface area (Å²) in [7, 11) is 0. The fourth-order valence-corrected chi connectivity index (χ4v) is 3.90. The van der Waals surface area contributed by atoms with E-state index in [0.717, 1.165) is 45.4 Å². The molecule has 0 spiro atoms. The number of aliphatic hydroxyl groups is 1. The smallest absolute Gasteiger partial charge is 0.223 e. The SMILES string of the molecule is CC(=O)N1CCc2cc(-c3nc4sc(C)nn4c3CO)ccc21. The van der Waals surface area contributed by atoms with Gasteiger partial charge in [-0.1, -0.05) is 17.4 Å². The molecule has 3 heterocycles. The topological polar surface area (TPSA) is 70.7 Å². The number of benzene rings is 1. The fourth-order valence-electron chi connectivity index (χ4n) is 3.13. The standard InChI is InChI=1S/C16H16N4O2S/c1-9-18-20-14(8-21)15(17-16(20)23-9)12-3-4-13-11(7-12)5-6-19(13)10(2)22/h3-4,7,21H,5-6,8H2,1-2H3. The van der Waals surface area contributed by atoms with Gasteiger partial charge in [0.1, 0.15) is 5.01 Å². The molecule has 2 aromatic heterocycles. The number of imidazole rings is 1. The molecule has 118 valence electrons. The number of anilines is 1. The predicted molar refractivity (Wildman–Crippen MR) is 88.7 cm³/mol. The average molecular weight is 328 g/mol. The van der Waals surface area contributed by atoms with Gasteiger partial charge in [-0.15, -0.1) is 0 Å². The molecule has 0 saturated carbocycles. The van der Waals surface area contributed by atoms with Crippen molar-refractivity contribution in [2.24, 2.45) is 0 Å². The molecule has 0 radical (unpaired) electrons. The summed E-state index contributed by atoms with van der Waals surface area (Å²) in [6.45, 7) is 4.12. The minimum atomic E-state index is -0.115. The van der Waals surface area contributed by atoms with Crippen molar-refractivity contribution in [3.05, 3.63) is 34.5 Å². The van der Waals surface area contributed by atoms with Crippen molar-refractivity contribution in [3.63, 3.8) is 0 Å². The maximum Gasteiger partial charge on any atom is 0.223 e. The number of hydrogen-bond donors (Lipinski definition) is 1. The number of fused-ring (bicyclic) bond motifs is 2. The minimum absolute atomic E-state index is 0.0646. The molecular formula is C16H16N4O2S. The second-order valence-electron chi connectivity index (χ2n) is 5.64. The third-order valence-electron chi connectivity index (χ3n) is 4.18. The van der Waals surface area contributed by atoms with Gasteiger partial charge in [-0.25, -0.2) is 9.50 Å². The minimum Gasteiger partial charge on any atom is -0.390 e. The van der Waals surface area contributed by atoms with Gasteiger partial charge in [-0.2, -0.15) is 5.10 Å². The van der Waals surface area contributed by atoms with Gasteiger partial charge in [0.15, 0.2) is 0 Å². The fraction of sp³-hybridized carbons (Fsp3) is 0.312. The second-order valence-corrected chi connectivity index (χ2v) is 6.80. The Hall–Kier alpha value is -2.25. The van der Waals surface area contributed by atoms with Crippen LogP contribution in [0.2, 0.25) is 0 Å². The molecule has 4 rings (SSSR count). The number of carbonyl (C=O) groups is 1. The number of aliphatic hydroxyl groups excluding tert-OH is 1. The Morgan fingerprint density at radius 1 is 1.43 bits per heavy atom. The van der Waals surface area contributed by atoms with Gasteiger partial charge in [0, 0.05) is 24.7 Å². The van der Waals surface area contributed by atoms with Crippen LogP contribution >= 0.6 is 11.3 Å². The van der Waals surface area contributed by atoms with Crippen molar-refractivity contribution in [2.45, 2.75) is 26.9 Å². The first kappa shape index (κ1) is 14.3. The molecule has 0 unspecified atom stereocenters. The molecule has 1 aliphatic rings. The van der Waals surface area contributed by atoms with Crippen LogP contribution in [0, 0.1) is 6.92 Å². The molecule has 1 N–H and O–H groups in total. The van der Waals surface area contributed by atoms with Crippen molar-refractivity contribution in [1.82, 2.24) is 14.6 Å². The van der Waals surface area contributed by atoms with E-state index in [-0.39, 0.29) is 12.5 Å². The zero-order valence-corrected chi connectivity index (χ0v) is 13.7. The van der Waals surface area contributed by atoms with Gasteiger partial charge in [-0.3, -0.25) is 4.79 Å². The average Bonchev–Trinajstić information content (AvgIpc) is 3.17. The van der Waals surface area contributed by atoms with Gasteiger partial charge < -0.3 is 10.0 Å². The maximum atomic E-state index is 11.6. The number of carbonyl (C=O) groups excluding carboxylic acids is 1. The van der Waals surface area contributed by atoms with Crippen molar-refractivity contribution in [1.29, 1.82) is 0 Å². The summed E-state index contributed by atoms with van der Waals surface area (Å²) in [4.78, 5) is 18.9. The summed E-state index contributed by atoms with van der Waals surface area (Å²) in [5.41, 5.74) is 4.53. The number of hydrogen-bond acceptors (Lipinski definition) is 5. The van der Waals surface area contributed by atoms with E-state index in [1.807, 2.05) is 19.1 Å². The molecular weight excluding hydrogens is 312 g/mol. The van der Waals surface area contributed by atoms with Crippen molar-refractivity contribution < 1.29 is 9.90 Å². The summed E-state index contributed by atoms with van der Waals surface area (Å²) in [6.07, 6.45) is 0.844. The summed E-state index contributed by atoms with van der Waals surface area (Å²) in [5.74, 6) is 0.0646. The number of aryl methyl sites for hydroxylation is 1. The third kappa shape index (κ3) is 2.15. The molecule has 0 saturated heterocycles. The summed E-state index contributed by atoms with van der Waals surface area (Å²) in [5, 5.41) is 15.0. The normalized spacial score (nSPS) is 13.8. The lowest BCUT2D eigenvalue weighted by Crippen LogP contribution is -2.25. The first-order valence-corrected chi connectivity index (χ1v) is 8.27. The zero-order chi connectivity index (χ0) is 16.1. The van der Waals surface area contributed by atoms with Gasteiger partial charge >= 0.3 is 0 Å². The van der Waals surface area contributed by atoms with E-state index in [1.54, 1.807) is 16.3 Å². The Kier molecular flexibility index (Phi) is 3.21. The second kappa shape index (κ2) is 5.14. The van der Waals surface area contributed by atoms with E-state index in [0.29, 0.717) is 5.69 Å². The highest BCUT2D eigenvalue weighted by atomic mass is 32.1. The molecule has 23 heavy (non-hydrogen) atoms. The van der Waals surface area contributed by atoms with Crippen LogP contribution in [0.4, 0.5) is 5.69 Å². The maximum absolute atomic E-state index is 11.6. The number of aromatic nitrogens is 3. The van der Waals surface area contributed by atoms with Gasteiger partial charge in [0.25, 0.3) is 0 Å². The van der Waals surface area contributed by atoms with E-state index in [2.05, 4.69) is 16.1 Å². The van der Waals surface area contributed by atoms with Crippen LogP contribution in [0.15, 0.2) is 18.2 Å². The van der Waals surface area contributed by atoms with E-state index >= 15 is 0 Å². The van der Waals surface area contributed by atoms with Gasteiger partial charge in [-0.05, 0) is 31.0 Å². The lowest BCUT2D eigenvalue weighted by atomic mass is 10.0. The van der Waals surface area contributed by atoms with Crippen LogP contribution < -0.4 is 4.90 Å². The van der Waals surface area contributed by atoms with Crippen molar-refractivity contribution in [3.8, 4) is 11.3 Å². The number of rotatable bonds is 2. The molecule has 1 amide bonds. The Balaban J connectivity index is 1.83. The monoisotopic (exact) mass is 328 g/mol. The Morgan fingerprint density at radius 3 is 3.00 bits per heavy atom. The summed E-state index contributed by atoms with van der Waals surface area (Å²) < 4.78 is 1.71. The highest BCUT2D eigenvalue weighted by Gasteiger charge is 2.24. The quantitative estimate of drug-likeness (QED) is 0.782. The van der Waals surface area contributed by atoms with Crippen LogP contribution in [-0.4, -0.2) is 32.2 Å². The lowest BCUT2D eigenvalue weighted by molar-refractivity contribution is -0.116. The third-order valence-corrected chi connectivity index (χ3v) is 5.00. The number of amides is 1. The Bertz CT molecular complexity index is 928. The molecule has 6 nitrogen and oxygen atoms in total. The van der Waals surface area contributed by atoms with E-state index in [4.69, 9.17) is 0 Å². The predicted octanol–water partition coefficient (Wildman–Crippen LogP) is 2.17. The van der Waals surface area contributed by atoms with E-state index < -0.39 is 0 Å². The highest BCUT2D eigenvalue weighted by Crippen LogP contribution is 2.34. The Morgan fingerprint density at radius 2 is 2.26 bits per heavy atom. The molecule has 0 atom stereocenters. The molecule has 7 heteroatoms. The number of nitrogens with zero attached hydrogens (tertiary/aromatic N) is 4. The van der Waals surface area contributed by atoms with Crippen LogP contribution in [0.5, 0.6) is 0 Å². The molecule has 1 aromatic carbocycles. The largest absolute Gasteiger partial charge is 0.390 e. The zero-order valence-electron chi connectivity index (χ0n) is 12.9. The van der Waals surface area contributed by atoms with Crippen LogP contribution in [0.1, 0.15) is 23.2 Å². The molecule has 0 bridgehead atoms. The highest BCUT2D eigenvalue weighted by molar-refractivity contribution is 7.16. The van der Waals surface area contributed by atoms with Crippen LogP contribution in [0.3, 0.4) is 0 Å². The summed E-state index contributed by atoms with van der Waals surface area (Å²) in [6, 6.07) is 5.99. The Labute approximate surface area is 137 Å². The molecule has 3 aromatic rings. The van der Waals surface area contributed by atoms with Crippen molar-refractivity contribution >= 4 is 27.9 Å². The van der Waals surface area contributed by atoms with E-state index in [9.17, 15) is 9.90 Å². The van der Waals surface area contributed by atoms with Crippen LogP contribution in [-0.2, 0) is 17.8 Å². The van der Waals surface area contributed by atoms with Crippen LogP contribution in [0.25, 0.3) is 16.2 Å². The molecule has 0 aliphatic carbocycles. The summed E-state index contributed by atoms with van der Waals surface area (Å²) >= 11 is 1.50. The van der Waals surface area contributed by atoms with Gasteiger partial charge in [0.2, 0.25) is 10.9 Å². The molecule has 0 fully saturated rings. The first-order chi connectivity index (χ1) is 11.1.